The molecule has 1 aromatic carbocycles. The van der Waals surface area contributed by atoms with E-state index < -0.39 is 9.84 Å². The van der Waals surface area contributed by atoms with Gasteiger partial charge in [0.25, 0.3) is 0 Å². The van der Waals surface area contributed by atoms with Crippen LogP contribution >= 0.6 is 11.6 Å². The molecule has 1 heterocycles. The number of hydrogen-bond acceptors (Lipinski definition) is 5. The molecule has 0 unspecified atom stereocenters. The lowest BCUT2D eigenvalue weighted by Gasteiger charge is -2.24. The average Bonchev–Trinajstić information content (AvgIpc) is 3.36. The number of carbonyl (C=O) groups is 2. The van der Waals surface area contributed by atoms with Gasteiger partial charge in [-0.1, -0.05) is 37.4 Å². The van der Waals surface area contributed by atoms with Crippen LogP contribution in [0.2, 0.25) is 5.02 Å². The van der Waals surface area contributed by atoms with Crippen molar-refractivity contribution in [1.29, 1.82) is 0 Å². The minimum Gasteiger partial charge on any atom is -0.309 e. The molecule has 1 aliphatic rings. The van der Waals surface area contributed by atoms with Gasteiger partial charge in [0.05, 0.1) is 9.92 Å². The van der Waals surface area contributed by atoms with Crippen LogP contribution in [0.3, 0.4) is 0 Å². The molecular formula is C21H26ClN3O4S. The zero-order chi connectivity index (χ0) is 21.9. The second-order valence-electron chi connectivity index (χ2n) is 7.76. The lowest BCUT2D eigenvalue weighted by Crippen LogP contribution is -2.20. The molecule has 0 radical (unpaired) electrons. The average molecular weight is 452 g/mol. The van der Waals surface area contributed by atoms with Crippen LogP contribution in [-0.4, -0.2) is 36.3 Å². The standard InChI is InChI=1S/C21H26ClN3O4S/c1-3-21(27)25-11-10-19(24-25)23-20(26)13-16(14-6-4-5-7-14)15-8-9-18(17(22)12-15)30(2,28)29/h8-12,14,16H,3-7,13H2,1-2H3,(H,23,24,26)/t16-/m1/s1. The molecule has 0 aliphatic heterocycles. The van der Waals surface area contributed by atoms with Gasteiger partial charge in [-0.15, -0.1) is 5.10 Å². The Labute approximate surface area is 181 Å². The Balaban J connectivity index is 1.79. The normalized spacial score (nSPS) is 15.8. The van der Waals surface area contributed by atoms with E-state index >= 15 is 0 Å². The van der Waals surface area contributed by atoms with Crippen molar-refractivity contribution >= 4 is 39.1 Å². The zero-order valence-corrected chi connectivity index (χ0v) is 18.7. The Hall–Kier alpha value is -2.19. The maximum atomic E-state index is 12.7. The first-order chi connectivity index (χ1) is 14.2. The quantitative estimate of drug-likeness (QED) is 0.676. The predicted octanol–water partition coefficient (Wildman–Crippen LogP) is 4.29. The van der Waals surface area contributed by atoms with E-state index in [1.165, 1.54) is 16.9 Å². The molecule has 0 spiro atoms. The first-order valence-electron chi connectivity index (χ1n) is 10.1. The molecule has 1 amide bonds. The molecule has 2 aromatic rings. The Bertz CT molecular complexity index is 1040. The molecule has 1 N–H and O–H groups in total. The van der Waals surface area contributed by atoms with Crippen molar-refractivity contribution in [3.8, 4) is 0 Å². The van der Waals surface area contributed by atoms with Gasteiger partial charge in [0.1, 0.15) is 0 Å². The number of amides is 1. The highest BCUT2D eigenvalue weighted by atomic mass is 35.5. The molecule has 1 atom stereocenters. The maximum absolute atomic E-state index is 12.7. The Kier molecular flexibility index (Phi) is 6.98. The fourth-order valence-electron chi connectivity index (χ4n) is 4.05. The number of nitrogens with zero attached hydrogens (tertiary/aromatic N) is 2. The molecule has 30 heavy (non-hydrogen) atoms. The van der Waals surface area contributed by atoms with Crippen LogP contribution in [0, 0.1) is 5.92 Å². The summed E-state index contributed by atoms with van der Waals surface area (Å²) >= 11 is 6.25. The summed E-state index contributed by atoms with van der Waals surface area (Å²) in [6, 6.07) is 6.54. The minimum atomic E-state index is -3.42. The summed E-state index contributed by atoms with van der Waals surface area (Å²) < 4.78 is 24.9. The fraction of sp³-hybridized carbons (Fsp3) is 0.476. The van der Waals surface area contributed by atoms with Crippen LogP contribution in [0.5, 0.6) is 0 Å². The van der Waals surface area contributed by atoms with Gasteiger partial charge < -0.3 is 5.32 Å². The van der Waals surface area contributed by atoms with Crippen molar-refractivity contribution in [2.45, 2.75) is 56.3 Å². The highest BCUT2D eigenvalue weighted by Gasteiger charge is 2.29. The molecule has 1 saturated carbocycles. The maximum Gasteiger partial charge on any atom is 0.246 e. The lowest BCUT2D eigenvalue weighted by atomic mass is 9.82. The number of hydrogen-bond donors (Lipinski definition) is 1. The van der Waals surface area contributed by atoms with Crippen LogP contribution in [0.15, 0.2) is 35.4 Å². The smallest absolute Gasteiger partial charge is 0.246 e. The van der Waals surface area contributed by atoms with E-state index in [1.54, 1.807) is 25.1 Å². The van der Waals surface area contributed by atoms with Crippen LogP contribution in [0.25, 0.3) is 0 Å². The van der Waals surface area contributed by atoms with Gasteiger partial charge in [-0.2, -0.15) is 0 Å². The second kappa shape index (κ2) is 9.31. The van der Waals surface area contributed by atoms with Gasteiger partial charge in [-0.25, -0.2) is 13.1 Å². The van der Waals surface area contributed by atoms with E-state index in [0.29, 0.717) is 18.2 Å². The van der Waals surface area contributed by atoms with Gasteiger partial charge in [0, 0.05) is 31.4 Å². The molecule has 162 valence electrons. The monoisotopic (exact) mass is 451 g/mol. The van der Waals surface area contributed by atoms with Gasteiger partial charge in [0.2, 0.25) is 11.8 Å². The van der Waals surface area contributed by atoms with E-state index in [9.17, 15) is 18.0 Å². The summed E-state index contributed by atoms with van der Waals surface area (Å²) in [6.45, 7) is 1.74. The molecule has 1 aromatic heterocycles. The van der Waals surface area contributed by atoms with Gasteiger partial charge >= 0.3 is 0 Å². The van der Waals surface area contributed by atoms with Crippen LogP contribution in [-0.2, 0) is 14.6 Å². The Morgan fingerprint density at radius 1 is 1.27 bits per heavy atom. The number of halogens is 1. The van der Waals surface area contributed by atoms with Crippen molar-refractivity contribution in [2.24, 2.45) is 5.92 Å². The molecular weight excluding hydrogens is 426 g/mol. The predicted molar refractivity (Wildman–Crippen MR) is 116 cm³/mol. The van der Waals surface area contributed by atoms with E-state index in [0.717, 1.165) is 37.5 Å². The third-order valence-corrected chi connectivity index (χ3v) is 7.15. The zero-order valence-electron chi connectivity index (χ0n) is 17.1. The number of carbonyl (C=O) groups excluding carboxylic acids is 2. The molecule has 9 heteroatoms. The number of sulfone groups is 1. The molecule has 0 saturated heterocycles. The summed E-state index contributed by atoms with van der Waals surface area (Å²) in [5, 5.41) is 7.04. The molecule has 0 bridgehead atoms. The van der Waals surface area contributed by atoms with Crippen LogP contribution < -0.4 is 5.32 Å². The second-order valence-corrected chi connectivity index (χ2v) is 10.1. The Morgan fingerprint density at radius 2 is 1.97 bits per heavy atom. The minimum absolute atomic E-state index is 0.0713. The van der Waals surface area contributed by atoms with Gasteiger partial charge in [-0.05, 0) is 42.4 Å². The Morgan fingerprint density at radius 3 is 2.57 bits per heavy atom. The third-order valence-electron chi connectivity index (χ3n) is 5.57. The largest absolute Gasteiger partial charge is 0.309 e. The summed E-state index contributed by atoms with van der Waals surface area (Å²) in [6.07, 6.45) is 7.46. The topological polar surface area (TPSA) is 98.1 Å². The number of benzene rings is 1. The summed E-state index contributed by atoms with van der Waals surface area (Å²) in [5.41, 5.74) is 0.862. The van der Waals surface area contributed by atoms with E-state index in [4.69, 9.17) is 11.6 Å². The summed E-state index contributed by atoms with van der Waals surface area (Å²) in [5.74, 6) is 0.231. The van der Waals surface area contributed by atoms with Gasteiger partial charge in [-0.3, -0.25) is 9.59 Å². The van der Waals surface area contributed by atoms with Gasteiger partial charge in [0.15, 0.2) is 15.7 Å². The number of anilines is 1. The molecule has 3 rings (SSSR count). The van der Waals surface area contributed by atoms with Crippen molar-refractivity contribution < 1.29 is 18.0 Å². The highest BCUT2D eigenvalue weighted by Crippen LogP contribution is 2.40. The van der Waals surface area contributed by atoms with E-state index in [2.05, 4.69) is 10.4 Å². The number of aromatic nitrogens is 2. The first-order valence-corrected chi connectivity index (χ1v) is 12.3. The molecule has 7 nitrogen and oxygen atoms in total. The number of nitrogens with one attached hydrogen (secondary N) is 1. The van der Waals surface area contributed by atoms with E-state index in [-0.39, 0.29) is 34.1 Å². The number of rotatable bonds is 7. The fourth-order valence-corrected chi connectivity index (χ4v) is 5.39. The van der Waals surface area contributed by atoms with Crippen molar-refractivity contribution in [3.63, 3.8) is 0 Å². The van der Waals surface area contributed by atoms with Crippen molar-refractivity contribution in [2.75, 3.05) is 11.6 Å². The van der Waals surface area contributed by atoms with E-state index in [1.807, 2.05) is 0 Å². The van der Waals surface area contributed by atoms with Crippen LogP contribution in [0.4, 0.5) is 5.82 Å². The summed E-state index contributed by atoms with van der Waals surface area (Å²) in [4.78, 5) is 24.5. The molecule has 1 fully saturated rings. The van der Waals surface area contributed by atoms with Crippen molar-refractivity contribution in [1.82, 2.24) is 9.78 Å². The molecule has 1 aliphatic carbocycles. The first kappa shape index (κ1) is 22.5. The highest BCUT2D eigenvalue weighted by molar-refractivity contribution is 7.90. The van der Waals surface area contributed by atoms with Crippen LogP contribution in [0.1, 0.15) is 61.7 Å². The van der Waals surface area contributed by atoms with Crippen molar-refractivity contribution in [3.05, 3.63) is 41.0 Å². The SMILES string of the molecule is CCC(=O)n1ccc(NC(=O)C[C@@H](c2ccc(S(C)(=O)=O)c(Cl)c2)C2CCCC2)n1. The third kappa shape index (κ3) is 5.29. The lowest BCUT2D eigenvalue weighted by molar-refractivity contribution is -0.116. The summed E-state index contributed by atoms with van der Waals surface area (Å²) in [7, 11) is -3.42.